The van der Waals surface area contributed by atoms with Crippen LogP contribution in [0.4, 0.5) is 0 Å². The van der Waals surface area contributed by atoms with Crippen LogP contribution in [0.25, 0.3) is 0 Å². The van der Waals surface area contributed by atoms with E-state index in [4.69, 9.17) is 37.9 Å². The lowest BCUT2D eigenvalue weighted by Gasteiger charge is -2.41. The van der Waals surface area contributed by atoms with Crippen LogP contribution in [0.3, 0.4) is 0 Å². The maximum Gasteiger partial charge on any atom is 0.320 e. The topological polar surface area (TPSA) is 125 Å². The highest BCUT2D eigenvalue weighted by Gasteiger charge is 2.48. The molecule has 0 bridgehead atoms. The summed E-state index contributed by atoms with van der Waals surface area (Å²) < 4.78 is 43.7. The number of hydrogen-bond acceptors (Lipinski definition) is 11. The molecule has 0 aromatic rings. The summed E-state index contributed by atoms with van der Waals surface area (Å²) in [5.74, 6) is -6.06. The van der Waals surface area contributed by atoms with Gasteiger partial charge in [0, 0.05) is 38.9 Å². The van der Waals surface area contributed by atoms with Crippen molar-refractivity contribution in [3.8, 4) is 0 Å². The largest absolute Gasteiger partial charge is 0.468 e. The van der Waals surface area contributed by atoms with E-state index >= 15 is 0 Å². The molecule has 1 unspecified atom stereocenters. The SMILES string of the molecule is C=C[C@H]1[C@H](C(=C)C)C[C@@H](OCOC)C[C@H]1C(=O)C[C@@H](C(CC1(C)OCCO1)OCOC)C(C(=O)OC)C(=O)OC. The zero-order chi connectivity index (χ0) is 29.9. The Morgan fingerprint density at radius 3 is 2.05 bits per heavy atom. The highest BCUT2D eigenvalue weighted by Crippen LogP contribution is 2.43. The summed E-state index contributed by atoms with van der Waals surface area (Å²) in [4.78, 5) is 40.2. The maximum atomic E-state index is 14.2. The molecule has 0 radical (unpaired) electrons. The van der Waals surface area contributed by atoms with E-state index in [0.29, 0.717) is 26.1 Å². The molecule has 11 nitrogen and oxygen atoms in total. The van der Waals surface area contributed by atoms with Gasteiger partial charge < -0.3 is 37.9 Å². The molecule has 0 amide bonds. The molecule has 6 atom stereocenters. The van der Waals surface area contributed by atoms with Crippen LogP contribution in [0.1, 0.15) is 39.5 Å². The number of carbonyl (C=O) groups is 3. The van der Waals surface area contributed by atoms with E-state index in [1.54, 1.807) is 13.0 Å². The minimum absolute atomic E-state index is 0.0442. The second kappa shape index (κ2) is 16.3. The lowest BCUT2D eigenvalue weighted by Crippen LogP contribution is -2.47. The molecule has 0 aromatic heterocycles. The zero-order valence-electron chi connectivity index (χ0n) is 24.7. The third-order valence-corrected chi connectivity index (χ3v) is 7.83. The molecule has 0 N–H and O–H groups in total. The van der Waals surface area contributed by atoms with Crippen molar-refractivity contribution in [1.82, 2.24) is 0 Å². The van der Waals surface area contributed by atoms with Gasteiger partial charge in [-0.2, -0.15) is 0 Å². The normalized spacial score (nSPS) is 25.7. The molecule has 0 spiro atoms. The standard InChI is InChI=1S/C29H46O11/c1-9-20-21(18(2)3)12-19(37-16-33-5)13-22(20)24(30)14-23(26(27(31)35-7)28(32)36-8)25(38-17-34-6)15-29(4)39-10-11-40-29/h9,19-23,25-26H,1-2,10-17H2,3-8H3/t19-,20+,21+,22-,23+,25?/m1/s1. The van der Waals surface area contributed by atoms with Crippen molar-refractivity contribution in [2.45, 2.75) is 57.5 Å². The van der Waals surface area contributed by atoms with Gasteiger partial charge in [-0.25, -0.2) is 0 Å². The predicted molar refractivity (Wildman–Crippen MR) is 144 cm³/mol. The Balaban J connectivity index is 2.50. The average molecular weight is 571 g/mol. The van der Waals surface area contributed by atoms with Crippen LogP contribution >= 0.6 is 0 Å². The first-order chi connectivity index (χ1) is 19.0. The van der Waals surface area contributed by atoms with Crippen LogP contribution in [-0.4, -0.2) is 91.0 Å². The number of ketones is 1. The highest BCUT2D eigenvalue weighted by molar-refractivity contribution is 5.96. The number of Topliss-reactive ketones (excluding diaryl/α,β-unsaturated/α-hetero) is 1. The van der Waals surface area contributed by atoms with Gasteiger partial charge in [-0.15, -0.1) is 6.58 Å². The summed E-state index contributed by atoms with van der Waals surface area (Å²) in [5.41, 5.74) is 0.914. The Kier molecular flexibility index (Phi) is 13.9. The second-order valence-corrected chi connectivity index (χ2v) is 10.5. The molecular formula is C29H46O11. The van der Waals surface area contributed by atoms with Crippen molar-refractivity contribution in [3.63, 3.8) is 0 Å². The number of hydrogen-bond donors (Lipinski definition) is 0. The van der Waals surface area contributed by atoms with Gasteiger partial charge in [-0.05, 0) is 38.5 Å². The smallest absolute Gasteiger partial charge is 0.320 e. The number of allylic oxidation sites excluding steroid dienone is 2. The van der Waals surface area contributed by atoms with Gasteiger partial charge in [-0.1, -0.05) is 18.2 Å². The van der Waals surface area contributed by atoms with E-state index in [-0.39, 0.29) is 50.2 Å². The Bertz CT molecular complexity index is 850. The van der Waals surface area contributed by atoms with Crippen molar-refractivity contribution in [3.05, 3.63) is 24.8 Å². The quantitative estimate of drug-likeness (QED) is 0.111. The van der Waals surface area contributed by atoms with E-state index in [1.807, 2.05) is 6.92 Å². The lowest BCUT2D eigenvalue weighted by atomic mass is 9.65. The first-order valence-corrected chi connectivity index (χ1v) is 13.5. The van der Waals surface area contributed by atoms with Gasteiger partial charge in [0.2, 0.25) is 0 Å². The van der Waals surface area contributed by atoms with Gasteiger partial charge in [0.15, 0.2) is 11.7 Å². The molecule has 228 valence electrons. The van der Waals surface area contributed by atoms with Crippen molar-refractivity contribution in [1.29, 1.82) is 0 Å². The minimum atomic E-state index is -1.44. The molecule has 1 saturated heterocycles. The molecule has 1 heterocycles. The summed E-state index contributed by atoms with van der Waals surface area (Å²) in [6.45, 7) is 12.5. The summed E-state index contributed by atoms with van der Waals surface area (Å²) in [7, 11) is 5.35. The van der Waals surface area contributed by atoms with Crippen LogP contribution in [0, 0.1) is 29.6 Å². The molecule has 1 aliphatic heterocycles. The summed E-state index contributed by atoms with van der Waals surface area (Å²) in [6, 6.07) is 0. The molecule has 1 aliphatic carbocycles. The maximum absolute atomic E-state index is 14.2. The molecule has 0 aromatic carbocycles. The van der Waals surface area contributed by atoms with Gasteiger partial charge in [0.1, 0.15) is 19.4 Å². The third-order valence-electron chi connectivity index (χ3n) is 7.83. The summed E-state index contributed by atoms with van der Waals surface area (Å²) in [6.07, 6.45) is 1.70. The van der Waals surface area contributed by atoms with Crippen LogP contribution in [0.2, 0.25) is 0 Å². The predicted octanol–water partition coefficient (Wildman–Crippen LogP) is 3.06. The fraction of sp³-hybridized carbons (Fsp3) is 0.759. The first-order valence-electron chi connectivity index (χ1n) is 13.5. The minimum Gasteiger partial charge on any atom is -0.468 e. The van der Waals surface area contributed by atoms with E-state index < -0.39 is 41.6 Å². The monoisotopic (exact) mass is 570 g/mol. The van der Waals surface area contributed by atoms with E-state index in [1.165, 1.54) is 28.4 Å². The van der Waals surface area contributed by atoms with Crippen molar-refractivity contribution < 1.29 is 52.3 Å². The Morgan fingerprint density at radius 2 is 1.55 bits per heavy atom. The number of carbonyl (C=O) groups excluding carboxylic acids is 3. The van der Waals surface area contributed by atoms with Crippen LogP contribution < -0.4 is 0 Å². The van der Waals surface area contributed by atoms with Crippen LogP contribution in [0.5, 0.6) is 0 Å². The lowest BCUT2D eigenvalue weighted by molar-refractivity contribution is -0.198. The van der Waals surface area contributed by atoms with Crippen molar-refractivity contribution >= 4 is 17.7 Å². The highest BCUT2D eigenvalue weighted by atomic mass is 16.7. The average Bonchev–Trinajstić information content (AvgIpc) is 3.38. The van der Waals surface area contributed by atoms with Crippen LogP contribution in [0.15, 0.2) is 24.8 Å². The molecule has 2 fully saturated rings. The number of esters is 2. The van der Waals surface area contributed by atoms with Crippen LogP contribution in [-0.2, 0) is 52.3 Å². The van der Waals surface area contributed by atoms with E-state index in [2.05, 4.69) is 13.2 Å². The number of ether oxygens (including phenoxy) is 8. The summed E-state index contributed by atoms with van der Waals surface area (Å²) >= 11 is 0. The molecular weight excluding hydrogens is 524 g/mol. The number of rotatable bonds is 17. The second-order valence-electron chi connectivity index (χ2n) is 10.5. The van der Waals surface area contributed by atoms with E-state index in [9.17, 15) is 14.4 Å². The Morgan fingerprint density at radius 1 is 0.975 bits per heavy atom. The Labute approximate surface area is 237 Å². The van der Waals surface area contributed by atoms with E-state index in [0.717, 1.165) is 5.57 Å². The van der Waals surface area contributed by atoms with Gasteiger partial charge in [0.05, 0.1) is 39.6 Å². The molecule has 40 heavy (non-hydrogen) atoms. The van der Waals surface area contributed by atoms with Gasteiger partial charge in [-0.3, -0.25) is 14.4 Å². The molecule has 2 aliphatic rings. The fourth-order valence-electron chi connectivity index (χ4n) is 5.84. The molecule has 2 rings (SSSR count). The zero-order valence-corrected chi connectivity index (χ0v) is 24.7. The first kappa shape index (κ1) is 34.1. The van der Waals surface area contributed by atoms with Gasteiger partial charge in [0.25, 0.3) is 0 Å². The molecule has 11 heteroatoms. The Hall–Kier alpha value is -2.15. The fourth-order valence-corrected chi connectivity index (χ4v) is 5.84. The third kappa shape index (κ3) is 8.92. The number of methoxy groups -OCH3 is 4. The van der Waals surface area contributed by atoms with Crippen molar-refractivity contribution in [2.75, 3.05) is 55.2 Å². The summed E-state index contributed by atoms with van der Waals surface area (Å²) in [5, 5.41) is 0. The van der Waals surface area contributed by atoms with Gasteiger partial charge >= 0.3 is 11.9 Å². The molecule has 1 saturated carbocycles. The van der Waals surface area contributed by atoms with Crippen molar-refractivity contribution in [2.24, 2.45) is 29.6 Å².